The minimum atomic E-state index is -2.59. The molecule has 0 spiro atoms. The predicted molar refractivity (Wildman–Crippen MR) is 93.7 cm³/mol. The van der Waals surface area contributed by atoms with E-state index < -0.39 is 11.7 Å². The average Bonchev–Trinajstić information content (AvgIpc) is 2.86. The maximum Gasteiger partial charge on any atom is 0.288 e. The first kappa shape index (κ1) is 18.8. The molecule has 140 valence electrons. The van der Waals surface area contributed by atoms with E-state index in [2.05, 4.69) is 5.32 Å². The van der Waals surface area contributed by atoms with Gasteiger partial charge in [0.2, 0.25) is 17.7 Å². The number of halogens is 2. The monoisotopic (exact) mass is 382 g/mol. The van der Waals surface area contributed by atoms with E-state index in [9.17, 15) is 23.2 Å². The molecule has 1 aliphatic heterocycles. The van der Waals surface area contributed by atoms with Crippen molar-refractivity contribution in [2.75, 3.05) is 11.9 Å². The van der Waals surface area contributed by atoms with Crippen molar-refractivity contribution in [2.24, 2.45) is 11.8 Å². The van der Waals surface area contributed by atoms with Crippen LogP contribution in [0.3, 0.4) is 0 Å². The van der Waals surface area contributed by atoms with Crippen molar-refractivity contribution in [1.29, 1.82) is 0 Å². The van der Waals surface area contributed by atoms with E-state index in [0.717, 1.165) is 25.7 Å². The zero-order chi connectivity index (χ0) is 18.7. The van der Waals surface area contributed by atoms with E-state index in [4.69, 9.17) is 0 Å². The molecule has 2 fully saturated rings. The number of carbonyl (C=O) groups is 3. The van der Waals surface area contributed by atoms with Crippen LogP contribution in [-0.2, 0) is 14.4 Å². The number of carbonyl (C=O) groups excluding carboxylic acids is 3. The second-order valence-corrected chi connectivity index (χ2v) is 7.53. The van der Waals surface area contributed by atoms with Gasteiger partial charge in [0.25, 0.3) is 5.76 Å². The number of benzene rings is 1. The van der Waals surface area contributed by atoms with Gasteiger partial charge < -0.3 is 5.32 Å². The first-order valence-corrected chi connectivity index (χ1v) is 9.54. The van der Waals surface area contributed by atoms with E-state index in [0.29, 0.717) is 17.4 Å². The van der Waals surface area contributed by atoms with Gasteiger partial charge in [0, 0.05) is 17.9 Å². The number of para-hydroxylation sites is 1. The summed E-state index contributed by atoms with van der Waals surface area (Å²) >= 11 is 0.358. The Hall–Kier alpha value is -1.96. The maximum absolute atomic E-state index is 12.6. The van der Waals surface area contributed by atoms with Crippen LogP contribution in [0.2, 0.25) is 0 Å². The van der Waals surface area contributed by atoms with E-state index in [1.165, 1.54) is 11.0 Å². The van der Waals surface area contributed by atoms with Gasteiger partial charge >= 0.3 is 0 Å². The molecular formula is C18H20F2N2O3S. The Balaban J connectivity index is 1.58. The van der Waals surface area contributed by atoms with Crippen molar-refractivity contribution in [3.8, 4) is 0 Å². The predicted octanol–water partition coefficient (Wildman–Crippen LogP) is 3.51. The summed E-state index contributed by atoms with van der Waals surface area (Å²) in [4.78, 5) is 38.4. The molecule has 0 bridgehead atoms. The van der Waals surface area contributed by atoms with E-state index in [1.807, 2.05) is 0 Å². The third-order valence-corrected chi connectivity index (χ3v) is 5.66. The van der Waals surface area contributed by atoms with Crippen LogP contribution in [0.4, 0.5) is 14.5 Å². The van der Waals surface area contributed by atoms with Gasteiger partial charge in [-0.05, 0) is 25.0 Å². The van der Waals surface area contributed by atoms with Crippen LogP contribution >= 0.6 is 11.8 Å². The Morgan fingerprint density at radius 2 is 1.77 bits per heavy atom. The second kappa shape index (κ2) is 8.16. The van der Waals surface area contributed by atoms with Gasteiger partial charge in [-0.3, -0.25) is 19.3 Å². The molecule has 0 radical (unpaired) electrons. The summed E-state index contributed by atoms with van der Waals surface area (Å²) in [5, 5.41) is 2.59. The van der Waals surface area contributed by atoms with E-state index in [1.54, 1.807) is 18.2 Å². The summed E-state index contributed by atoms with van der Waals surface area (Å²) in [6.45, 7) is 0.0284. The van der Waals surface area contributed by atoms with Crippen LogP contribution in [0.15, 0.2) is 29.2 Å². The lowest BCUT2D eigenvalue weighted by Crippen LogP contribution is -2.34. The van der Waals surface area contributed by atoms with Crippen molar-refractivity contribution in [2.45, 2.75) is 42.8 Å². The number of hydrogen-bond acceptors (Lipinski definition) is 4. The smallest absolute Gasteiger partial charge is 0.288 e. The lowest BCUT2D eigenvalue weighted by molar-refractivity contribution is -0.140. The van der Waals surface area contributed by atoms with Crippen molar-refractivity contribution < 1.29 is 23.2 Å². The minimum Gasteiger partial charge on any atom is -0.325 e. The number of rotatable bonds is 6. The van der Waals surface area contributed by atoms with Crippen molar-refractivity contribution >= 4 is 35.2 Å². The molecule has 2 aliphatic rings. The van der Waals surface area contributed by atoms with Gasteiger partial charge in [-0.2, -0.15) is 8.78 Å². The van der Waals surface area contributed by atoms with E-state index >= 15 is 0 Å². The molecule has 1 heterocycles. The summed E-state index contributed by atoms with van der Waals surface area (Å²) in [7, 11) is 0. The Morgan fingerprint density at radius 3 is 2.38 bits per heavy atom. The molecule has 8 heteroatoms. The number of amides is 3. The molecule has 1 saturated carbocycles. The molecule has 0 unspecified atom stereocenters. The summed E-state index contributed by atoms with van der Waals surface area (Å²) in [5.41, 5.74) is 0.301. The molecular weight excluding hydrogens is 362 g/mol. The molecule has 1 saturated heterocycles. The molecule has 5 nitrogen and oxygen atoms in total. The highest BCUT2D eigenvalue weighted by atomic mass is 32.2. The lowest BCUT2D eigenvalue weighted by atomic mass is 9.81. The molecule has 1 N–H and O–H groups in total. The molecule has 1 aromatic carbocycles. The van der Waals surface area contributed by atoms with Gasteiger partial charge in [0.1, 0.15) is 0 Å². The Kier molecular flexibility index (Phi) is 5.90. The SMILES string of the molecule is O=C(CCN1C(=O)[C@H]2CCCC[C@H]2C1=O)Nc1ccccc1SC(F)F. The molecule has 0 aromatic heterocycles. The Bertz CT molecular complexity index is 689. The van der Waals surface area contributed by atoms with Crippen molar-refractivity contribution in [1.82, 2.24) is 4.90 Å². The molecule has 3 amide bonds. The fourth-order valence-electron chi connectivity index (χ4n) is 3.65. The number of alkyl halides is 2. The van der Waals surface area contributed by atoms with Crippen LogP contribution in [0, 0.1) is 11.8 Å². The zero-order valence-electron chi connectivity index (χ0n) is 14.1. The largest absolute Gasteiger partial charge is 0.325 e. The first-order chi connectivity index (χ1) is 12.5. The summed E-state index contributed by atoms with van der Waals surface area (Å²) in [6, 6.07) is 6.31. The number of likely N-dealkylation sites (tertiary alicyclic amines) is 1. The van der Waals surface area contributed by atoms with E-state index in [-0.39, 0.29) is 41.5 Å². The highest BCUT2D eigenvalue weighted by molar-refractivity contribution is 7.99. The number of nitrogens with zero attached hydrogens (tertiary/aromatic N) is 1. The van der Waals surface area contributed by atoms with Gasteiger partial charge in [-0.15, -0.1) is 0 Å². The molecule has 1 aliphatic carbocycles. The first-order valence-electron chi connectivity index (χ1n) is 8.66. The van der Waals surface area contributed by atoms with Gasteiger partial charge in [0.05, 0.1) is 17.5 Å². The third kappa shape index (κ3) is 4.06. The van der Waals surface area contributed by atoms with Gasteiger partial charge in [0.15, 0.2) is 0 Å². The zero-order valence-corrected chi connectivity index (χ0v) is 14.9. The fourth-order valence-corrected chi connectivity index (χ4v) is 4.24. The van der Waals surface area contributed by atoms with Crippen molar-refractivity contribution in [3.63, 3.8) is 0 Å². The number of fused-ring (bicyclic) bond motifs is 1. The highest BCUT2D eigenvalue weighted by Crippen LogP contribution is 2.38. The summed E-state index contributed by atoms with van der Waals surface area (Å²) in [6.07, 6.45) is 3.32. The molecule has 26 heavy (non-hydrogen) atoms. The standard InChI is InChI=1S/C18H20F2N2O3S/c19-18(20)26-14-8-4-3-7-13(14)21-15(23)9-10-22-16(24)11-5-1-2-6-12(11)17(22)25/h3-4,7-8,11-12,18H,1-2,5-6,9-10H2,(H,21,23)/t11-,12+. The molecule has 3 rings (SSSR count). The second-order valence-electron chi connectivity index (χ2n) is 6.50. The topological polar surface area (TPSA) is 66.5 Å². The quantitative estimate of drug-likeness (QED) is 0.604. The normalized spacial score (nSPS) is 22.7. The molecule has 2 atom stereocenters. The maximum atomic E-state index is 12.6. The van der Waals surface area contributed by atoms with Gasteiger partial charge in [-0.25, -0.2) is 0 Å². The fraction of sp³-hybridized carbons (Fsp3) is 0.500. The third-order valence-electron chi connectivity index (χ3n) is 4.87. The Morgan fingerprint density at radius 1 is 1.15 bits per heavy atom. The van der Waals surface area contributed by atoms with Crippen LogP contribution < -0.4 is 5.32 Å². The van der Waals surface area contributed by atoms with Crippen molar-refractivity contribution in [3.05, 3.63) is 24.3 Å². The minimum absolute atomic E-state index is 0.0284. The number of anilines is 1. The average molecular weight is 382 g/mol. The van der Waals surface area contributed by atoms with Gasteiger partial charge in [-0.1, -0.05) is 36.7 Å². The summed E-state index contributed by atoms with van der Waals surface area (Å²) in [5.74, 6) is -3.83. The van der Waals surface area contributed by atoms with Crippen LogP contribution in [0.1, 0.15) is 32.1 Å². The number of nitrogens with one attached hydrogen (secondary N) is 1. The number of hydrogen-bond donors (Lipinski definition) is 1. The lowest BCUT2D eigenvalue weighted by Gasteiger charge is -2.19. The number of imide groups is 1. The molecule has 1 aromatic rings. The Labute approximate surface area is 154 Å². The van der Waals surface area contributed by atoms with Crippen LogP contribution in [-0.4, -0.2) is 34.9 Å². The summed E-state index contributed by atoms with van der Waals surface area (Å²) < 4.78 is 25.2. The number of thioether (sulfide) groups is 1. The van der Waals surface area contributed by atoms with Crippen LogP contribution in [0.25, 0.3) is 0 Å². The van der Waals surface area contributed by atoms with Crippen LogP contribution in [0.5, 0.6) is 0 Å². The highest BCUT2D eigenvalue weighted by Gasteiger charge is 2.47.